The molecule has 2 aliphatic rings. The van der Waals surface area contributed by atoms with Crippen LogP contribution in [0.2, 0.25) is 0 Å². The van der Waals surface area contributed by atoms with E-state index in [1.807, 2.05) is 66.7 Å². The number of nitrogens with zero attached hydrogens (tertiary/aromatic N) is 6. The van der Waals surface area contributed by atoms with Gasteiger partial charge < -0.3 is 20.1 Å². The maximum absolute atomic E-state index is 14.2. The molecule has 1 aliphatic heterocycles. The van der Waals surface area contributed by atoms with Crippen LogP contribution < -0.4 is 5.32 Å². The van der Waals surface area contributed by atoms with Gasteiger partial charge in [-0.15, -0.1) is 5.10 Å². The Morgan fingerprint density at radius 3 is 2.32 bits per heavy atom. The van der Waals surface area contributed by atoms with E-state index in [9.17, 15) is 19.5 Å². The number of nitrogens with one attached hydrogen (secondary N) is 1. The number of benzene rings is 3. The molecule has 50 heavy (non-hydrogen) atoms. The van der Waals surface area contributed by atoms with Gasteiger partial charge in [-0.3, -0.25) is 14.5 Å². The van der Waals surface area contributed by atoms with Crippen LogP contribution in [0.1, 0.15) is 50.7 Å². The van der Waals surface area contributed by atoms with Crippen molar-refractivity contribution in [1.82, 2.24) is 35.3 Å². The summed E-state index contributed by atoms with van der Waals surface area (Å²) in [5.41, 5.74) is 3.43. The molecule has 1 fully saturated rings. The summed E-state index contributed by atoms with van der Waals surface area (Å²) in [6.07, 6.45) is 0.868. The average Bonchev–Trinajstić information content (AvgIpc) is 3.87. The van der Waals surface area contributed by atoms with Gasteiger partial charge in [0.25, 0.3) is 0 Å². The highest BCUT2D eigenvalue weighted by Crippen LogP contribution is 2.44. The van der Waals surface area contributed by atoms with Crippen molar-refractivity contribution in [2.24, 2.45) is 5.41 Å². The Morgan fingerprint density at radius 2 is 1.66 bits per heavy atom. The van der Waals surface area contributed by atoms with Crippen molar-refractivity contribution in [1.29, 1.82) is 0 Å². The SMILES string of the molecule is C[C@@H](C(=O)N[C@H](C(=O)N1CCC[C@H]1Cn1nnnc1Sc1ccccc1)C(C)(C)CO)N(C)C(=O)OCC1c2ccccc2-c2ccccc21. The smallest absolute Gasteiger partial charge is 0.410 e. The van der Waals surface area contributed by atoms with E-state index in [0.717, 1.165) is 40.0 Å². The molecular formula is C37H43N7O5S. The van der Waals surface area contributed by atoms with E-state index in [1.165, 1.54) is 23.7 Å². The van der Waals surface area contributed by atoms with E-state index in [-0.39, 0.29) is 31.1 Å². The maximum Gasteiger partial charge on any atom is 0.410 e. The number of fused-ring (bicyclic) bond motifs is 3. The fraction of sp³-hybridized carbons (Fsp3) is 0.405. The minimum absolute atomic E-state index is 0.118. The Labute approximate surface area is 296 Å². The predicted molar refractivity (Wildman–Crippen MR) is 188 cm³/mol. The Hall–Kier alpha value is -4.75. The van der Waals surface area contributed by atoms with E-state index in [4.69, 9.17) is 4.74 Å². The minimum Gasteiger partial charge on any atom is -0.448 e. The van der Waals surface area contributed by atoms with Crippen molar-refractivity contribution < 1.29 is 24.2 Å². The average molecular weight is 698 g/mol. The molecule has 4 aromatic rings. The van der Waals surface area contributed by atoms with Crippen LogP contribution >= 0.6 is 11.8 Å². The van der Waals surface area contributed by atoms with Crippen molar-refractivity contribution in [2.45, 2.75) is 74.3 Å². The zero-order chi connectivity index (χ0) is 35.4. The second-order valence-electron chi connectivity index (χ2n) is 13.6. The third-order valence-corrected chi connectivity index (χ3v) is 10.8. The minimum atomic E-state index is -1.05. The lowest BCUT2D eigenvalue weighted by molar-refractivity contribution is -0.142. The lowest BCUT2D eigenvalue weighted by Crippen LogP contribution is -2.60. The van der Waals surface area contributed by atoms with Crippen molar-refractivity contribution in [3.8, 4) is 11.1 Å². The number of tetrazole rings is 1. The molecule has 2 N–H and O–H groups in total. The van der Waals surface area contributed by atoms with Crippen molar-refractivity contribution in [3.63, 3.8) is 0 Å². The zero-order valence-electron chi connectivity index (χ0n) is 28.7. The number of aliphatic hydroxyl groups is 1. The molecule has 6 rings (SSSR count). The second kappa shape index (κ2) is 15.0. The van der Waals surface area contributed by atoms with Crippen molar-refractivity contribution in [2.75, 3.05) is 26.8 Å². The molecule has 1 aromatic heterocycles. The van der Waals surface area contributed by atoms with Crippen LogP contribution in [0.4, 0.5) is 4.79 Å². The molecule has 12 nitrogen and oxygen atoms in total. The topological polar surface area (TPSA) is 143 Å². The lowest BCUT2D eigenvalue weighted by atomic mass is 9.84. The van der Waals surface area contributed by atoms with Crippen LogP contribution in [0.15, 0.2) is 88.9 Å². The molecule has 2 heterocycles. The first-order valence-corrected chi connectivity index (χ1v) is 17.7. The molecule has 262 valence electrons. The molecule has 0 saturated carbocycles. The summed E-state index contributed by atoms with van der Waals surface area (Å²) in [4.78, 5) is 45.1. The third kappa shape index (κ3) is 7.24. The number of likely N-dealkylation sites (N-methyl/N-ethyl adjacent to an activating group) is 1. The number of rotatable bonds is 12. The monoisotopic (exact) mass is 697 g/mol. The standard InChI is InChI=1S/C37H43N7O5S/c1-24(42(4)36(48)49-22-31-29-18-10-8-16-27(29)28-17-9-11-19-30(28)31)33(46)38-32(37(2,3)23-45)34(47)43-20-12-13-25(43)21-44-35(39-40-41-44)50-26-14-6-5-7-15-26/h5-11,14-19,24-25,31-32,45H,12-13,20-23H2,1-4H3,(H,38,46)/t24-,25-,32+/m0/s1. The quantitative estimate of drug-likeness (QED) is 0.217. The molecule has 13 heteroatoms. The van der Waals surface area contributed by atoms with Crippen LogP contribution in [-0.2, 0) is 20.9 Å². The summed E-state index contributed by atoms with van der Waals surface area (Å²) in [5, 5.41) is 26.1. The Morgan fingerprint density at radius 1 is 1.02 bits per heavy atom. The first kappa shape index (κ1) is 35.1. The number of carbonyl (C=O) groups excluding carboxylic acids is 3. The maximum atomic E-state index is 14.2. The number of aliphatic hydroxyl groups excluding tert-OH is 1. The summed E-state index contributed by atoms with van der Waals surface area (Å²) in [6, 6.07) is 23.7. The van der Waals surface area contributed by atoms with Crippen LogP contribution in [0.3, 0.4) is 0 Å². The summed E-state index contributed by atoms with van der Waals surface area (Å²) in [7, 11) is 1.50. The molecule has 3 atom stereocenters. The highest BCUT2D eigenvalue weighted by atomic mass is 32.2. The first-order valence-electron chi connectivity index (χ1n) is 16.9. The van der Waals surface area contributed by atoms with Gasteiger partial charge in [0.05, 0.1) is 19.2 Å². The third-order valence-electron chi connectivity index (χ3n) is 9.80. The number of ether oxygens (including phenoxy) is 1. The van der Waals surface area contributed by atoms with Gasteiger partial charge in [-0.25, -0.2) is 9.48 Å². The van der Waals surface area contributed by atoms with E-state index < -0.39 is 29.5 Å². The fourth-order valence-electron chi connectivity index (χ4n) is 6.63. The number of amides is 3. The van der Waals surface area contributed by atoms with Crippen LogP contribution in [0, 0.1) is 5.41 Å². The van der Waals surface area contributed by atoms with E-state index in [1.54, 1.807) is 30.4 Å². The van der Waals surface area contributed by atoms with Crippen molar-refractivity contribution >= 4 is 29.7 Å². The molecule has 3 amide bonds. The molecule has 3 aromatic carbocycles. The molecule has 0 bridgehead atoms. The van der Waals surface area contributed by atoms with Gasteiger partial charge in [0.15, 0.2) is 0 Å². The number of aromatic nitrogens is 4. The molecular weight excluding hydrogens is 655 g/mol. The number of likely N-dealkylation sites (tertiary alicyclic amines) is 1. The van der Waals surface area contributed by atoms with Gasteiger partial charge in [0, 0.05) is 29.8 Å². The predicted octanol–water partition coefficient (Wildman–Crippen LogP) is 4.59. The van der Waals surface area contributed by atoms with E-state index in [0.29, 0.717) is 18.2 Å². The largest absolute Gasteiger partial charge is 0.448 e. The molecule has 1 saturated heterocycles. The molecule has 0 spiro atoms. The van der Waals surface area contributed by atoms with Crippen LogP contribution in [-0.4, -0.2) is 98.0 Å². The van der Waals surface area contributed by atoms with Crippen molar-refractivity contribution in [3.05, 3.63) is 90.0 Å². The Balaban J connectivity index is 1.10. The first-order chi connectivity index (χ1) is 24.1. The van der Waals surface area contributed by atoms with Gasteiger partial charge in [-0.2, -0.15) is 0 Å². The van der Waals surface area contributed by atoms with Gasteiger partial charge >= 0.3 is 6.09 Å². The summed E-state index contributed by atoms with van der Waals surface area (Å²) in [6.45, 7) is 5.71. The highest BCUT2D eigenvalue weighted by molar-refractivity contribution is 7.99. The summed E-state index contributed by atoms with van der Waals surface area (Å²) in [5.74, 6) is -0.953. The van der Waals surface area contributed by atoms with Crippen LogP contribution in [0.25, 0.3) is 11.1 Å². The Kier molecular flexibility index (Phi) is 10.5. The highest BCUT2D eigenvalue weighted by Gasteiger charge is 2.43. The van der Waals surface area contributed by atoms with E-state index >= 15 is 0 Å². The Bertz CT molecular complexity index is 1790. The zero-order valence-corrected chi connectivity index (χ0v) is 29.5. The summed E-state index contributed by atoms with van der Waals surface area (Å²) < 4.78 is 7.48. The lowest BCUT2D eigenvalue weighted by Gasteiger charge is -2.37. The van der Waals surface area contributed by atoms with Gasteiger partial charge in [-0.05, 0) is 76.3 Å². The normalized spacial score (nSPS) is 16.7. The molecule has 0 unspecified atom stereocenters. The van der Waals surface area contributed by atoms with Gasteiger partial charge in [0.2, 0.25) is 17.0 Å². The number of hydrogen-bond donors (Lipinski definition) is 2. The molecule has 1 aliphatic carbocycles. The summed E-state index contributed by atoms with van der Waals surface area (Å²) >= 11 is 1.44. The fourth-order valence-corrected chi connectivity index (χ4v) is 7.43. The molecule has 0 radical (unpaired) electrons. The number of hydrogen-bond acceptors (Lipinski definition) is 9. The van der Waals surface area contributed by atoms with Gasteiger partial charge in [0.1, 0.15) is 18.7 Å². The van der Waals surface area contributed by atoms with Crippen LogP contribution in [0.5, 0.6) is 0 Å². The van der Waals surface area contributed by atoms with E-state index in [2.05, 4.69) is 33.0 Å². The second-order valence-corrected chi connectivity index (χ2v) is 14.6. The van der Waals surface area contributed by atoms with Gasteiger partial charge in [-0.1, -0.05) is 80.6 Å². The number of carbonyl (C=O) groups is 3.